The van der Waals surface area contributed by atoms with E-state index in [4.69, 9.17) is 5.73 Å². The molecule has 3 heteroatoms. The maximum Gasteiger partial charge on any atom is 0.0401 e. The molecule has 1 saturated heterocycles. The van der Waals surface area contributed by atoms with Gasteiger partial charge >= 0.3 is 0 Å². The van der Waals surface area contributed by atoms with Gasteiger partial charge in [-0.25, -0.2) is 0 Å². The van der Waals surface area contributed by atoms with Crippen LogP contribution in [0.5, 0.6) is 0 Å². The average molecular weight is 233 g/mol. The summed E-state index contributed by atoms with van der Waals surface area (Å²) < 4.78 is 0. The first-order chi connectivity index (χ1) is 8.11. The lowest BCUT2D eigenvalue weighted by Crippen LogP contribution is -2.44. The van der Waals surface area contributed by atoms with Gasteiger partial charge in [-0.2, -0.15) is 0 Å². The molecule has 2 rings (SSSR count). The fourth-order valence-electron chi connectivity index (χ4n) is 2.46. The largest absolute Gasteiger partial charge is 0.398 e. The number of benzene rings is 1. The molecule has 0 spiro atoms. The molecule has 0 saturated carbocycles. The molecule has 2 N–H and O–H groups in total. The summed E-state index contributed by atoms with van der Waals surface area (Å²) in [6.45, 7) is 8.84. The Morgan fingerprint density at radius 3 is 2.41 bits per heavy atom. The van der Waals surface area contributed by atoms with Crippen LogP contribution in [0.25, 0.3) is 0 Å². The molecule has 1 aliphatic heterocycles. The summed E-state index contributed by atoms with van der Waals surface area (Å²) in [4.78, 5) is 4.86. The molecule has 0 amide bonds. The van der Waals surface area contributed by atoms with Gasteiger partial charge < -0.3 is 15.5 Å². The summed E-state index contributed by atoms with van der Waals surface area (Å²) in [6.07, 6.45) is 1.01. The van der Waals surface area contributed by atoms with Crippen LogP contribution in [-0.4, -0.2) is 38.1 Å². The van der Waals surface area contributed by atoms with Crippen LogP contribution in [0.3, 0.4) is 0 Å². The minimum absolute atomic E-state index is 0.933. The first-order valence-electron chi connectivity index (χ1n) is 6.44. The molecule has 0 aromatic heterocycles. The number of likely N-dealkylation sites (N-methyl/N-ethyl adjacent to an activating group) is 1. The molecule has 0 unspecified atom stereocenters. The predicted octanol–water partition coefficient (Wildman–Crippen LogP) is 1.89. The Kier molecular flexibility index (Phi) is 3.57. The fraction of sp³-hybridized carbons (Fsp3) is 0.571. The standard InChI is InChI=1S/C14H23N3/c1-4-12-10-14(11(2)9-13(12)15)17-7-5-16(3)6-8-17/h9-10H,4-8,15H2,1-3H3. The molecule has 1 aromatic rings. The van der Waals surface area contributed by atoms with E-state index >= 15 is 0 Å². The van der Waals surface area contributed by atoms with Gasteiger partial charge in [0.05, 0.1) is 0 Å². The van der Waals surface area contributed by atoms with E-state index in [1.54, 1.807) is 0 Å². The van der Waals surface area contributed by atoms with Crippen LogP contribution in [0.15, 0.2) is 12.1 Å². The lowest BCUT2D eigenvalue weighted by molar-refractivity contribution is 0.312. The van der Waals surface area contributed by atoms with Gasteiger partial charge in [-0.15, -0.1) is 0 Å². The molecule has 0 atom stereocenters. The van der Waals surface area contributed by atoms with Gasteiger partial charge in [-0.05, 0) is 43.7 Å². The normalized spacial score (nSPS) is 17.5. The summed E-state index contributed by atoms with van der Waals surface area (Å²) >= 11 is 0. The molecule has 3 nitrogen and oxygen atoms in total. The van der Waals surface area contributed by atoms with Crippen molar-refractivity contribution in [3.05, 3.63) is 23.3 Å². The van der Waals surface area contributed by atoms with Crippen LogP contribution in [-0.2, 0) is 6.42 Å². The van der Waals surface area contributed by atoms with Gasteiger partial charge in [0.1, 0.15) is 0 Å². The Morgan fingerprint density at radius 2 is 1.82 bits per heavy atom. The summed E-state index contributed by atoms with van der Waals surface area (Å²) in [5, 5.41) is 0. The first-order valence-corrected chi connectivity index (χ1v) is 6.44. The molecule has 17 heavy (non-hydrogen) atoms. The number of nitrogens with two attached hydrogens (primary N) is 1. The zero-order valence-electron chi connectivity index (χ0n) is 11.2. The van der Waals surface area contributed by atoms with E-state index < -0.39 is 0 Å². The third-order valence-corrected chi connectivity index (χ3v) is 3.68. The number of aryl methyl sites for hydroxylation is 2. The molecular formula is C14H23N3. The van der Waals surface area contributed by atoms with Gasteiger partial charge in [0.25, 0.3) is 0 Å². The van der Waals surface area contributed by atoms with Gasteiger partial charge in [0.2, 0.25) is 0 Å². The highest BCUT2D eigenvalue weighted by molar-refractivity contribution is 5.63. The Balaban J connectivity index is 2.25. The van der Waals surface area contributed by atoms with E-state index in [2.05, 4.69) is 42.8 Å². The second-order valence-corrected chi connectivity index (χ2v) is 4.98. The van der Waals surface area contributed by atoms with Crippen molar-refractivity contribution in [1.29, 1.82) is 0 Å². The molecule has 1 aliphatic rings. The summed E-state index contributed by atoms with van der Waals surface area (Å²) in [6, 6.07) is 4.39. The van der Waals surface area contributed by atoms with Crippen LogP contribution >= 0.6 is 0 Å². The van der Waals surface area contributed by atoms with Crippen LogP contribution in [0.4, 0.5) is 11.4 Å². The Morgan fingerprint density at radius 1 is 1.18 bits per heavy atom. The maximum absolute atomic E-state index is 6.03. The minimum atomic E-state index is 0.933. The maximum atomic E-state index is 6.03. The fourth-order valence-corrected chi connectivity index (χ4v) is 2.46. The van der Waals surface area contributed by atoms with Gasteiger partial charge in [-0.1, -0.05) is 6.92 Å². The Labute approximate surface area is 104 Å². The van der Waals surface area contributed by atoms with Gasteiger partial charge in [0, 0.05) is 37.6 Å². The van der Waals surface area contributed by atoms with Crippen molar-refractivity contribution in [2.75, 3.05) is 43.9 Å². The molecule has 0 bridgehead atoms. The van der Waals surface area contributed by atoms with Crippen molar-refractivity contribution in [2.24, 2.45) is 0 Å². The summed E-state index contributed by atoms with van der Waals surface area (Å²) in [5.41, 5.74) is 10.9. The summed E-state index contributed by atoms with van der Waals surface area (Å²) in [7, 11) is 2.19. The monoisotopic (exact) mass is 233 g/mol. The van der Waals surface area contributed by atoms with E-state index in [9.17, 15) is 0 Å². The average Bonchev–Trinajstić information content (AvgIpc) is 2.31. The van der Waals surface area contributed by atoms with E-state index in [0.29, 0.717) is 0 Å². The highest BCUT2D eigenvalue weighted by atomic mass is 15.2. The quantitative estimate of drug-likeness (QED) is 0.792. The summed E-state index contributed by atoms with van der Waals surface area (Å²) in [5.74, 6) is 0. The Hall–Kier alpha value is -1.22. The van der Waals surface area contributed by atoms with Crippen molar-refractivity contribution in [3.63, 3.8) is 0 Å². The van der Waals surface area contributed by atoms with E-state index in [1.807, 2.05) is 0 Å². The molecule has 1 fully saturated rings. The molecular weight excluding hydrogens is 210 g/mol. The van der Waals surface area contributed by atoms with Crippen molar-refractivity contribution in [1.82, 2.24) is 4.90 Å². The second kappa shape index (κ2) is 4.96. The number of hydrogen-bond donors (Lipinski definition) is 1. The third-order valence-electron chi connectivity index (χ3n) is 3.68. The zero-order chi connectivity index (χ0) is 12.4. The van der Waals surface area contributed by atoms with Crippen molar-refractivity contribution in [3.8, 4) is 0 Å². The molecule has 0 aliphatic carbocycles. The minimum Gasteiger partial charge on any atom is -0.398 e. The number of nitrogen functional groups attached to an aromatic ring is 1. The zero-order valence-corrected chi connectivity index (χ0v) is 11.2. The number of piperazine rings is 1. The molecule has 1 aromatic carbocycles. The van der Waals surface area contributed by atoms with Gasteiger partial charge in [0.15, 0.2) is 0 Å². The highest BCUT2D eigenvalue weighted by Crippen LogP contribution is 2.27. The highest BCUT2D eigenvalue weighted by Gasteiger charge is 2.16. The van der Waals surface area contributed by atoms with E-state index in [-0.39, 0.29) is 0 Å². The Bertz CT molecular complexity index is 393. The molecule has 0 radical (unpaired) electrons. The topological polar surface area (TPSA) is 32.5 Å². The molecule has 1 heterocycles. The van der Waals surface area contributed by atoms with Crippen LogP contribution < -0.4 is 10.6 Å². The number of hydrogen-bond acceptors (Lipinski definition) is 3. The molecule has 94 valence electrons. The third kappa shape index (κ3) is 2.55. The smallest absolute Gasteiger partial charge is 0.0401 e. The van der Waals surface area contributed by atoms with Crippen molar-refractivity contribution in [2.45, 2.75) is 20.3 Å². The van der Waals surface area contributed by atoms with Crippen molar-refractivity contribution >= 4 is 11.4 Å². The van der Waals surface area contributed by atoms with Crippen LogP contribution in [0.1, 0.15) is 18.1 Å². The number of rotatable bonds is 2. The first kappa shape index (κ1) is 12.2. The van der Waals surface area contributed by atoms with Crippen molar-refractivity contribution < 1.29 is 0 Å². The number of nitrogens with zero attached hydrogens (tertiary/aromatic N) is 2. The second-order valence-electron chi connectivity index (χ2n) is 4.98. The van der Waals surface area contributed by atoms with Gasteiger partial charge in [-0.3, -0.25) is 0 Å². The number of anilines is 2. The predicted molar refractivity (Wildman–Crippen MR) is 74.7 cm³/mol. The SMILES string of the molecule is CCc1cc(N2CCN(C)CC2)c(C)cc1N. The van der Waals surface area contributed by atoms with Crippen LogP contribution in [0.2, 0.25) is 0 Å². The lowest BCUT2D eigenvalue weighted by atomic mass is 10.0. The van der Waals surface area contributed by atoms with Crippen LogP contribution in [0, 0.1) is 6.92 Å². The van der Waals surface area contributed by atoms with E-state index in [0.717, 1.165) is 38.3 Å². The van der Waals surface area contributed by atoms with E-state index in [1.165, 1.54) is 16.8 Å². The lowest BCUT2D eigenvalue weighted by Gasteiger charge is -2.35.